The minimum absolute atomic E-state index is 0.229. The Morgan fingerprint density at radius 3 is 2.59 bits per heavy atom. The molecular weight excluding hydrogens is 340 g/mol. The topological polar surface area (TPSA) is 62.0 Å². The van der Waals surface area contributed by atoms with E-state index >= 15 is 0 Å². The van der Waals surface area contributed by atoms with Crippen molar-refractivity contribution in [2.45, 2.75) is 32.4 Å². The summed E-state index contributed by atoms with van der Waals surface area (Å²) in [7, 11) is 1.68. The Balaban J connectivity index is 1.63. The van der Waals surface area contributed by atoms with E-state index in [1.165, 1.54) is 12.8 Å². The number of rotatable bonds is 8. The molecule has 0 amide bonds. The third kappa shape index (κ3) is 5.50. The second-order valence-corrected chi connectivity index (χ2v) is 6.70. The molecule has 1 aliphatic rings. The van der Waals surface area contributed by atoms with E-state index in [1.54, 1.807) is 13.4 Å². The minimum Gasteiger partial charge on any atom is -0.497 e. The van der Waals surface area contributed by atoms with E-state index in [0.29, 0.717) is 6.54 Å². The van der Waals surface area contributed by atoms with Crippen molar-refractivity contribution >= 4 is 5.96 Å². The van der Waals surface area contributed by atoms with E-state index in [9.17, 15) is 0 Å². The highest BCUT2D eigenvalue weighted by Gasteiger charge is 2.25. The molecule has 6 nitrogen and oxygen atoms in total. The standard InChI is InChI=1S/C21H30N4O2/c1-3-22-21(23-15-17-8-10-18(26-2)11-9-17)24-16-19(20-7-6-14-27-20)25-12-4-5-13-25/h6-11,14,19H,3-5,12-13,15-16H2,1-2H3,(H2,22,23,24). The quantitative estimate of drug-likeness (QED) is 0.552. The van der Waals surface area contributed by atoms with Crippen molar-refractivity contribution in [3.05, 3.63) is 54.0 Å². The lowest BCUT2D eigenvalue weighted by atomic mass is 10.2. The number of hydrogen-bond acceptors (Lipinski definition) is 4. The molecule has 1 unspecified atom stereocenters. The van der Waals surface area contributed by atoms with Crippen molar-refractivity contribution in [2.75, 3.05) is 33.3 Å². The summed E-state index contributed by atoms with van der Waals surface area (Å²) in [5, 5.41) is 6.82. The molecule has 2 heterocycles. The van der Waals surface area contributed by atoms with Crippen LogP contribution in [-0.2, 0) is 6.54 Å². The first-order valence-electron chi connectivity index (χ1n) is 9.72. The summed E-state index contributed by atoms with van der Waals surface area (Å²) >= 11 is 0. The van der Waals surface area contributed by atoms with Crippen LogP contribution in [0.4, 0.5) is 0 Å². The lowest BCUT2D eigenvalue weighted by Gasteiger charge is -2.26. The maximum Gasteiger partial charge on any atom is 0.191 e. The van der Waals surface area contributed by atoms with Gasteiger partial charge in [0.15, 0.2) is 5.96 Å². The fraction of sp³-hybridized carbons (Fsp3) is 0.476. The molecule has 1 fully saturated rings. The first-order chi connectivity index (χ1) is 13.3. The molecule has 1 aromatic carbocycles. The zero-order valence-electron chi connectivity index (χ0n) is 16.3. The predicted molar refractivity (Wildman–Crippen MR) is 108 cm³/mol. The van der Waals surface area contributed by atoms with E-state index in [1.807, 2.05) is 30.3 Å². The summed E-state index contributed by atoms with van der Waals surface area (Å²) < 4.78 is 10.9. The number of likely N-dealkylation sites (tertiary alicyclic amines) is 1. The van der Waals surface area contributed by atoms with Crippen LogP contribution in [0.5, 0.6) is 5.75 Å². The molecule has 0 aliphatic carbocycles. The van der Waals surface area contributed by atoms with Crippen LogP contribution in [0.1, 0.15) is 37.1 Å². The summed E-state index contributed by atoms with van der Waals surface area (Å²) in [5.74, 6) is 2.69. The van der Waals surface area contributed by atoms with Gasteiger partial charge in [0.05, 0.1) is 26.0 Å². The van der Waals surface area contributed by atoms with Crippen LogP contribution in [0.3, 0.4) is 0 Å². The molecule has 0 spiro atoms. The van der Waals surface area contributed by atoms with Gasteiger partial charge in [0.25, 0.3) is 0 Å². The maximum absolute atomic E-state index is 5.70. The van der Waals surface area contributed by atoms with E-state index < -0.39 is 0 Å². The van der Waals surface area contributed by atoms with Gasteiger partial charge in [-0.25, -0.2) is 4.99 Å². The highest BCUT2D eigenvalue weighted by molar-refractivity contribution is 5.79. The highest BCUT2D eigenvalue weighted by Crippen LogP contribution is 2.24. The third-order valence-corrected chi connectivity index (χ3v) is 4.84. The van der Waals surface area contributed by atoms with Gasteiger partial charge in [-0.3, -0.25) is 4.90 Å². The molecule has 27 heavy (non-hydrogen) atoms. The Hall–Kier alpha value is -2.47. The first-order valence-corrected chi connectivity index (χ1v) is 9.72. The molecule has 1 aromatic heterocycles. The lowest BCUT2D eigenvalue weighted by Crippen LogP contribution is -2.42. The van der Waals surface area contributed by atoms with Crippen molar-refractivity contribution in [1.82, 2.24) is 15.5 Å². The van der Waals surface area contributed by atoms with E-state index in [2.05, 4.69) is 28.5 Å². The molecule has 1 aliphatic heterocycles. The SMILES string of the molecule is CCNC(=NCc1ccc(OC)cc1)NCC(c1ccco1)N1CCCC1. The smallest absolute Gasteiger partial charge is 0.191 e. The number of guanidine groups is 1. The Morgan fingerprint density at radius 1 is 1.19 bits per heavy atom. The monoisotopic (exact) mass is 370 g/mol. The summed E-state index contributed by atoms with van der Waals surface area (Å²) in [6.45, 7) is 6.52. The van der Waals surface area contributed by atoms with Crippen molar-refractivity contribution in [2.24, 2.45) is 4.99 Å². The summed E-state index contributed by atoms with van der Waals surface area (Å²) in [4.78, 5) is 7.21. The first kappa shape index (κ1) is 19.3. The number of ether oxygens (including phenoxy) is 1. The Morgan fingerprint density at radius 2 is 1.96 bits per heavy atom. The van der Waals surface area contributed by atoms with E-state index in [4.69, 9.17) is 14.1 Å². The predicted octanol–water partition coefficient (Wildman–Crippen LogP) is 3.18. The highest BCUT2D eigenvalue weighted by atomic mass is 16.5. The summed E-state index contributed by atoms with van der Waals surface area (Å²) in [6, 6.07) is 12.3. The lowest BCUT2D eigenvalue weighted by molar-refractivity contribution is 0.215. The van der Waals surface area contributed by atoms with Crippen LogP contribution in [0.15, 0.2) is 52.1 Å². The number of benzene rings is 1. The fourth-order valence-electron chi connectivity index (χ4n) is 3.38. The molecule has 0 radical (unpaired) electrons. The van der Waals surface area contributed by atoms with Crippen molar-refractivity contribution < 1.29 is 9.15 Å². The van der Waals surface area contributed by atoms with Crippen LogP contribution in [0.25, 0.3) is 0 Å². The van der Waals surface area contributed by atoms with Gasteiger partial charge >= 0.3 is 0 Å². The Kier molecular flexibility index (Phi) is 7.16. The molecule has 6 heteroatoms. The van der Waals surface area contributed by atoms with Crippen LogP contribution in [0.2, 0.25) is 0 Å². The summed E-state index contributed by atoms with van der Waals surface area (Å²) in [5.41, 5.74) is 1.15. The van der Waals surface area contributed by atoms with Gasteiger partial charge in [0.1, 0.15) is 11.5 Å². The molecule has 1 atom stereocenters. The summed E-state index contributed by atoms with van der Waals surface area (Å²) in [6.07, 6.45) is 4.26. The van der Waals surface area contributed by atoms with Crippen LogP contribution in [0, 0.1) is 0 Å². The van der Waals surface area contributed by atoms with Crippen molar-refractivity contribution in [3.63, 3.8) is 0 Å². The second-order valence-electron chi connectivity index (χ2n) is 6.70. The number of hydrogen-bond donors (Lipinski definition) is 2. The van der Waals surface area contributed by atoms with Gasteiger partial charge in [0.2, 0.25) is 0 Å². The molecule has 2 aromatic rings. The molecule has 1 saturated heterocycles. The normalized spacial score (nSPS) is 16.3. The number of aliphatic imine (C=N–C) groups is 1. The van der Waals surface area contributed by atoms with Crippen LogP contribution in [-0.4, -0.2) is 44.1 Å². The van der Waals surface area contributed by atoms with E-state index in [0.717, 1.165) is 49.2 Å². The Labute approximate surface area is 161 Å². The van der Waals surface area contributed by atoms with Gasteiger partial charge in [-0.1, -0.05) is 12.1 Å². The molecule has 146 valence electrons. The average molecular weight is 370 g/mol. The largest absolute Gasteiger partial charge is 0.497 e. The third-order valence-electron chi connectivity index (χ3n) is 4.84. The van der Waals surface area contributed by atoms with Gasteiger partial charge < -0.3 is 19.8 Å². The average Bonchev–Trinajstić information content (AvgIpc) is 3.41. The molecule has 2 N–H and O–H groups in total. The molecule has 0 saturated carbocycles. The second kappa shape index (κ2) is 10.0. The van der Waals surface area contributed by atoms with Gasteiger partial charge in [-0.2, -0.15) is 0 Å². The van der Waals surface area contributed by atoms with E-state index in [-0.39, 0.29) is 6.04 Å². The molecule has 3 rings (SSSR count). The van der Waals surface area contributed by atoms with Crippen molar-refractivity contribution in [1.29, 1.82) is 0 Å². The van der Waals surface area contributed by atoms with Gasteiger partial charge in [-0.05, 0) is 62.7 Å². The molecule has 0 bridgehead atoms. The number of nitrogens with one attached hydrogen (secondary N) is 2. The zero-order chi connectivity index (χ0) is 18.9. The Bertz CT molecular complexity index is 691. The van der Waals surface area contributed by atoms with Gasteiger partial charge in [0, 0.05) is 13.1 Å². The maximum atomic E-state index is 5.70. The van der Waals surface area contributed by atoms with Crippen LogP contribution >= 0.6 is 0 Å². The minimum atomic E-state index is 0.229. The number of methoxy groups -OCH3 is 1. The number of nitrogens with zero attached hydrogens (tertiary/aromatic N) is 2. The van der Waals surface area contributed by atoms with Crippen molar-refractivity contribution in [3.8, 4) is 5.75 Å². The van der Waals surface area contributed by atoms with Crippen LogP contribution < -0.4 is 15.4 Å². The molecular formula is C21H30N4O2. The van der Waals surface area contributed by atoms with Gasteiger partial charge in [-0.15, -0.1) is 0 Å². The number of furan rings is 1. The zero-order valence-corrected chi connectivity index (χ0v) is 16.3. The fourth-order valence-corrected chi connectivity index (χ4v) is 3.38.